The van der Waals surface area contributed by atoms with Crippen LogP contribution in [-0.4, -0.2) is 11.1 Å². The minimum Gasteiger partial charge on any atom is -0.488 e. The molecule has 0 saturated heterocycles. The molecule has 66 valence electrons. The number of aromatic nitrogens is 1. The number of ether oxygens (including phenoxy) is 1. The average Bonchev–Trinajstić information content (AvgIpc) is 2.92. The van der Waals surface area contributed by atoms with Crippen LogP contribution in [0.4, 0.5) is 0 Å². The summed E-state index contributed by atoms with van der Waals surface area (Å²) < 4.78 is 6.44. The fourth-order valence-corrected chi connectivity index (χ4v) is 1.48. The molecular weight excluding hydrogens is 279 g/mol. The standard InChI is InChI=1S/C9H7IN2O/c10-9-6(3-11)4-12-5-8(9)13-7-1-2-7/h4-5,7H,1-2H2. The SMILES string of the molecule is N#Cc1cncc(OC2CC2)c1I. The van der Waals surface area contributed by atoms with Gasteiger partial charge in [0.15, 0.2) is 5.75 Å². The summed E-state index contributed by atoms with van der Waals surface area (Å²) >= 11 is 2.11. The topological polar surface area (TPSA) is 45.9 Å². The van der Waals surface area contributed by atoms with Crippen LogP contribution in [0, 0.1) is 14.9 Å². The predicted octanol–water partition coefficient (Wildman–Crippen LogP) is 2.10. The second kappa shape index (κ2) is 3.50. The Labute approximate surface area is 89.9 Å². The van der Waals surface area contributed by atoms with Gasteiger partial charge in [0.25, 0.3) is 0 Å². The van der Waals surface area contributed by atoms with Crippen molar-refractivity contribution in [1.29, 1.82) is 5.26 Å². The summed E-state index contributed by atoms with van der Waals surface area (Å²) in [5.74, 6) is 0.738. The van der Waals surface area contributed by atoms with E-state index in [1.54, 1.807) is 12.4 Å². The fraction of sp³-hybridized carbons (Fsp3) is 0.333. The number of rotatable bonds is 2. The summed E-state index contributed by atoms with van der Waals surface area (Å²) in [6, 6.07) is 2.08. The first-order valence-corrected chi connectivity index (χ1v) is 5.09. The fourth-order valence-electron chi connectivity index (χ4n) is 0.951. The number of halogens is 1. The summed E-state index contributed by atoms with van der Waals surface area (Å²) in [4.78, 5) is 3.94. The van der Waals surface area contributed by atoms with Gasteiger partial charge >= 0.3 is 0 Å². The molecule has 1 heterocycles. The smallest absolute Gasteiger partial charge is 0.152 e. The zero-order chi connectivity index (χ0) is 9.26. The number of hydrogen-bond acceptors (Lipinski definition) is 3. The van der Waals surface area contributed by atoms with Gasteiger partial charge in [0, 0.05) is 6.20 Å². The van der Waals surface area contributed by atoms with Gasteiger partial charge in [-0.2, -0.15) is 5.26 Å². The lowest BCUT2D eigenvalue weighted by atomic mass is 10.3. The van der Waals surface area contributed by atoms with Gasteiger partial charge in [-0.25, -0.2) is 0 Å². The largest absolute Gasteiger partial charge is 0.488 e. The van der Waals surface area contributed by atoms with Crippen molar-refractivity contribution in [3.63, 3.8) is 0 Å². The third kappa shape index (κ3) is 1.91. The molecule has 0 aliphatic heterocycles. The van der Waals surface area contributed by atoms with Crippen LogP contribution in [0.3, 0.4) is 0 Å². The van der Waals surface area contributed by atoms with Crippen LogP contribution in [0.5, 0.6) is 5.75 Å². The van der Waals surface area contributed by atoms with Crippen molar-refractivity contribution < 1.29 is 4.74 Å². The number of nitrogens with zero attached hydrogens (tertiary/aromatic N) is 2. The molecule has 4 heteroatoms. The maximum atomic E-state index is 8.74. The molecule has 2 rings (SSSR count). The molecule has 0 unspecified atom stereocenters. The third-order valence-corrected chi connectivity index (χ3v) is 2.90. The van der Waals surface area contributed by atoms with Crippen LogP contribution in [0.25, 0.3) is 0 Å². The summed E-state index contributed by atoms with van der Waals surface area (Å²) in [5, 5.41) is 8.74. The van der Waals surface area contributed by atoms with Crippen molar-refractivity contribution in [2.45, 2.75) is 18.9 Å². The van der Waals surface area contributed by atoms with E-state index in [4.69, 9.17) is 10.00 Å². The van der Waals surface area contributed by atoms with E-state index in [0.29, 0.717) is 11.7 Å². The van der Waals surface area contributed by atoms with Crippen molar-refractivity contribution in [3.05, 3.63) is 21.5 Å². The molecule has 3 nitrogen and oxygen atoms in total. The molecule has 1 saturated carbocycles. The third-order valence-electron chi connectivity index (χ3n) is 1.79. The molecule has 1 aromatic heterocycles. The van der Waals surface area contributed by atoms with E-state index in [1.807, 2.05) is 0 Å². The van der Waals surface area contributed by atoms with E-state index in [0.717, 1.165) is 22.2 Å². The predicted molar refractivity (Wildman–Crippen MR) is 55.3 cm³/mol. The van der Waals surface area contributed by atoms with Crippen molar-refractivity contribution in [2.75, 3.05) is 0 Å². The highest BCUT2D eigenvalue weighted by Crippen LogP contribution is 2.30. The van der Waals surface area contributed by atoms with Gasteiger partial charge in [-0.1, -0.05) is 0 Å². The Kier molecular flexibility index (Phi) is 2.36. The normalized spacial score (nSPS) is 15.1. The number of nitriles is 1. The molecule has 1 aromatic rings. The van der Waals surface area contributed by atoms with Gasteiger partial charge in [0.05, 0.1) is 21.4 Å². The minimum absolute atomic E-state index is 0.351. The first kappa shape index (κ1) is 8.75. The van der Waals surface area contributed by atoms with Crippen LogP contribution >= 0.6 is 22.6 Å². The quantitative estimate of drug-likeness (QED) is 0.782. The van der Waals surface area contributed by atoms with Gasteiger partial charge in [-0.3, -0.25) is 4.98 Å². The second-order valence-electron chi connectivity index (χ2n) is 2.93. The number of hydrogen-bond donors (Lipinski definition) is 0. The van der Waals surface area contributed by atoms with Crippen LogP contribution in [0.2, 0.25) is 0 Å². The molecule has 0 N–H and O–H groups in total. The molecule has 1 fully saturated rings. The average molecular weight is 286 g/mol. The van der Waals surface area contributed by atoms with E-state index in [9.17, 15) is 0 Å². The summed E-state index contributed by atoms with van der Waals surface area (Å²) in [7, 11) is 0. The van der Waals surface area contributed by atoms with Crippen molar-refractivity contribution in [2.24, 2.45) is 0 Å². The zero-order valence-corrected chi connectivity index (χ0v) is 8.98. The lowest BCUT2D eigenvalue weighted by Crippen LogP contribution is -1.99. The molecular formula is C9H7IN2O. The Morgan fingerprint density at radius 1 is 1.54 bits per heavy atom. The van der Waals surface area contributed by atoms with Crippen molar-refractivity contribution in [1.82, 2.24) is 4.98 Å². The molecule has 0 amide bonds. The lowest BCUT2D eigenvalue weighted by molar-refractivity contribution is 0.299. The van der Waals surface area contributed by atoms with Gasteiger partial charge in [-0.05, 0) is 35.4 Å². The van der Waals surface area contributed by atoms with Crippen molar-refractivity contribution in [3.8, 4) is 11.8 Å². The molecule has 0 radical (unpaired) electrons. The van der Waals surface area contributed by atoms with Crippen LogP contribution in [-0.2, 0) is 0 Å². The van der Waals surface area contributed by atoms with E-state index in [2.05, 4.69) is 33.6 Å². The molecule has 0 atom stereocenters. The highest BCUT2D eigenvalue weighted by molar-refractivity contribution is 14.1. The molecule has 13 heavy (non-hydrogen) atoms. The maximum Gasteiger partial charge on any atom is 0.152 e. The highest BCUT2D eigenvalue weighted by atomic mass is 127. The monoisotopic (exact) mass is 286 g/mol. The van der Waals surface area contributed by atoms with Gasteiger partial charge < -0.3 is 4.74 Å². The molecule has 1 aliphatic carbocycles. The van der Waals surface area contributed by atoms with Crippen LogP contribution < -0.4 is 4.74 Å². The van der Waals surface area contributed by atoms with Gasteiger partial charge in [0.1, 0.15) is 6.07 Å². The molecule has 0 aromatic carbocycles. The number of pyridine rings is 1. The first-order chi connectivity index (χ1) is 6.31. The van der Waals surface area contributed by atoms with E-state index < -0.39 is 0 Å². The van der Waals surface area contributed by atoms with E-state index >= 15 is 0 Å². The maximum absolute atomic E-state index is 8.74. The lowest BCUT2D eigenvalue weighted by Gasteiger charge is -2.05. The molecule has 1 aliphatic rings. The Morgan fingerprint density at radius 3 is 2.92 bits per heavy atom. The van der Waals surface area contributed by atoms with Gasteiger partial charge in [-0.15, -0.1) is 0 Å². The van der Waals surface area contributed by atoms with Crippen molar-refractivity contribution >= 4 is 22.6 Å². The summed E-state index contributed by atoms with van der Waals surface area (Å²) in [6.07, 6.45) is 5.81. The Hall–Kier alpha value is -0.830. The minimum atomic E-state index is 0.351. The summed E-state index contributed by atoms with van der Waals surface area (Å²) in [6.45, 7) is 0. The Balaban J connectivity index is 2.28. The van der Waals surface area contributed by atoms with Crippen LogP contribution in [0.1, 0.15) is 18.4 Å². The van der Waals surface area contributed by atoms with Gasteiger partial charge in [0.2, 0.25) is 0 Å². The van der Waals surface area contributed by atoms with Crippen LogP contribution in [0.15, 0.2) is 12.4 Å². The molecule has 0 spiro atoms. The Bertz CT molecular complexity index is 368. The zero-order valence-electron chi connectivity index (χ0n) is 6.83. The highest BCUT2D eigenvalue weighted by Gasteiger charge is 2.24. The van der Waals surface area contributed by atoms with E-state index in [1.165, 1.54) is 0 Å². The summed E-state index contributed by atoms with van der Waals surface area (Å²) in [5.41, 5.74) is 0.582. The molecule has 0 bridgehead atoms. The Morgan fingerprint density at radius 2 is 2.31 bits per heavy atom. The van der Waals surface area contributed by atoms with E-state index in [-0.39, 0.29) is 0 Å². The first-order valence-electron chi connectivity index (χ1n) is 4.01. The second-order valence-corrected chi connectivity index (χ2v) is 4.01.